The second kappa shape index (κ2) is 4.74. The lowest BCUT2D eigenvalue weighted by Crippen LogP contribution is -2.26. The molecule has 4 N–H and O–H groups in total. The molecule has 0 saturated heterocycles. The molecule has 2 aromatic rings. The van der Waals surface area contributed by atoms with Crippen LogP contribution in [0.3, 0.4) is 0 Å². The highest BCUT2D eigenvalue weighted by Gasteiger charge is 2.19. The maximum absolute atomic E-state index is 11.9. The van der Waals surface area contributed by atoms with E-state index in [1.165, 1.54) is 17.2 Å². The predicted octanol–water partition coefficient (Wildman–Crippen LogP) is -1.36. The number of aromatic nitrogens is 5. The number of hydrogen-bond acceptors (Lipinski definition) is 6. The van der Waals surface area contributed by atoms with Gasteiger partial charge in [0, 0.05) is 26.2 Å². The highest BCUT2D eigenvalue weighted by atomic mass is 32.2. The summed E-state index contributed by atoms with van der Waals surface area (Å²) in [7, 11) is -2.04. The van der Waals surface area contributed by atoms with Crippen molar-refractivity contribution in [3.05, 3.63) is 18.3 Å². The van der Waals surface area contributed by atoms with Crippen LogP contribution in [0.25, 0.3) is 0 Å². The number of nitrogens with zero attached hydrogens (tertiary/aromatic N) is 4. The highest BCUT2D eigenvalue weighted by molar-refractivity contribution is 7.89. The molecule has 9 nitrogen and oxygen atoms in total. The fourth-order valence-electron chi connectivity index (χ4n) is 1.42. The summed E-state index contributed by atoms with van der Waals surface area (Å²) >= 11 is 0. The third kappa shape index (κ3) is 2.65. The molecule has 0 aliphatic heterocycles. The summed E-state index contributed by atoms with van der Waals surface area (Å²) < 4.78 is 27.6. The minimum absolute atomic E-state index is 0.0235. The summed E-state index contributed by atoms with van der Waals surface area (Å²) in [6.45, 7) is 0.200. The number of rotatable bonds is 5. The molecular formula is C8H13N7O2S. The molecule has 0 unspecified atom stereocenters. The Morgan fingerprint density at radius 1 is 1.56 bits per heavy atom. The van der Waals surface area contributed by atoms with E-state index in [0.717, 1.165) is 0 Å². The zero-order valence-corrected chi connectivity index (χ0v) is 10.5. The molecule has 0 aliphatic carbocycles. The van der Waals surface area contributed by atoms with E-state index in [9.17, 15) is 8.42 Å². The Hall–Kier alpha value is -1.94. The first-order valence-corrected chi connectivity index (χ1v) is 6.60. The minimum atomic E-state index is -3.64. The Morgan fingerprint density at radius 2 is 2.33 bits per heavy atom. The van der Waals surface area contributed by atoms with Crippen LogP contribution in [0.1, 0.15) is 5.82 Å². The summed E-state index contributed by atoms with van der Waals surface area (Å²) in [4.78, 5) is 3.86. The van der Waals surface area contributed by atoms with Gasteiger partial charge in [0.25, 0.3) is 0 Å². The zero-order valence-electron chi connectivity index (χ0n) is 9.66. The van der Waals surface area contributed by atoms with Crippen LogP contribution in [-0.4, -0.2) is 39.9 Å². The van der Waals surface area contributed by atoms with Crippen LogP contribution in [0.4, 0.5) is 5.82 Å². The van der Waals surface area contributed by atoms with Crippen LogP contribution < -0.4 is 10.5 Å². The predicted molar refractivity (Wildman–Crippen MR) is 62.9 cm³/mol. The molecule has 2 heterocycles. The Labute approximate surface area is 103 Å². The van der Waals surface area contributed by atoms with Gasteiger partial charge in [0.05, 0.1) is 0 Å². The van der Waals surface area contributed by atoms with Gasteiger partial charge in [-0.1, -0.05) is 0 Å². The number of nitrogen functional groups attached to an aromatic ring is 1. The molecule has 0 atom stereocenters. The van der Waals surface area contributed by atoms with Crippen molar-refractivity contribution < 1.29 is 8.42 Å². The maximum atomic E-state index is 11.9. The van der Waals surface area contributed by atoms with Crippen LogP contribution in [-0.2, 0) is 23.5 Å². The molecule has 0 spiro atoms. The average Bonchev–Trinajstić information content (AvgIpc) is 2.88. The summed E-state index contributed by atoms with van der Waals surface area (Å²) in [6.07, 6.45) is 3.13. The van der Waals surface area contributed by atoms with Crippen LogP contribution in [0.2, 0.25) is 0 Å². The average molecular weight is 271 g/mol. The summed E-state index contributed by atoms with van der Waals surface area (Å²) in [5.41, 5.74) is 5.51. The molecule has 0 amide bonds. The monoisotopic (exact) mass is 271 g/mol. The largest absolute Gasteiger partial charge is 0.381 e. The summed E-state index contributed by atoms with van der Waals surface area (Å²) in [5.74, 6) is 0.585. The van der Waals surface area contributed by atoms with Gasteiger partial charge >= 0.3 is 0 Å². The van der Waals surface area contributed by atoms with E-state index in [1.807, 2.05) is 0 Å². The number of nitrogens with one attached hydrogen (secondary N) is 2. The van der Waals surface area contributed by atoms with E-state index >= 15 is 0 Å². The third-order valence-electron chi connectivity index (χ3n) is 2.23. The van der Waals surface area contributed by atoms with Gasteiger partial charge in [0.1, 0.15) is 17.0 Å². The minimum Gasteiger partial charge on any atom is -0.381 e. The van der Waals surface area contributed by atoms with Gasteiger partial charge in [0.2, 0.25) is 10.0 Å². The summed E-state index contributed by atoms with van der Waals surface area (Å²) in [5, 5.41) is 10.1. The van der Waals surface area contributed by atoms with Crippen LogP contribution >= 0.6 is 0 Å². The Balaban J connectivity index is 2.02. The zero-order chi connectivity index (χ0) is 13.2. The molecule has 0 aromatic carbocycles. The summed E-state index contributed by atoms with van der Waals surface area (Å²) in [6, 6.07) is 0. The van der Waals surface area contributed by atoms with Crippen molar-refractivity contribution in [1.29, 1.82) is 0 Å². The van der Waals surface area contributed by atoms with E-state index < -0.39 is 10.0 Å². The van der Waals surface area contributed by atoms with Crippen LogP contribution in [0.5, 0.6) is 0 Å². The van der Waals surface area contributed by atoms with Gasteiger partial charge in [-0.15, -0.1) is 0 Å². The quantitative estimate of drug-likeness (QED) is 0.615. The number of H-pyrrole nitrogens is 1. The van der Waals surface area contributed by atoms with E-state index in [0.29, 0.717) is 12.2 Å². The van der Waals surface area contributed by atoms with Crippen molar-refractivity contribution in [3.8, 4) is 0 Å². The smallest absolute Gasteiger partial charge is 0.245 e. The molecule has 2 rings (SSSR count). The molecule has 18 heavy (non-hydrogen) atoms. The van der Waals surface area contributed by atoms with Crippen molar-refractivity contribution in [1.82, 2.24) is 29.7 Å². The topological polar surface area (TPSA) is 132 Å². The van der Waals surface area contributed by atoms with Gasteiger partial charge in [-0.25, -0.2) is 18.1 Å². The van der Waals surface area contributed by atoms with Crippen molar-refractivity contribution in [3.63, 3.8) is 0 Å². The number of nitrogens with two attached hydrogens (primary N) is 1. The fraction of sp³-hybridized carbons (Fsp3) is 0.375. The molecule has 0 saturated carbocycles. The second-order valence-electron chi connectivity index (χ2n) is 3.63. The first kappa shape index (κ1) is 12.5. The van der Waals surface area contributed by atoms with Gasteiger partial charge in [-0.3, -0.25) is 9.78 Å². The molecule has 2 aromatic heterocycles. The lowest BCUT2D eigenvalue weighted by molar-refractivity contribution is 0.581. The standard InChI is InChI=1S/C8H13N7O2S/c1-15-4-6(8(9)14-15)18(16,17)12-3-2-7-10-5-11-13-7/h4-5,12H,2-3H2,1H3,(H2,9,14)(H,10,11,13). The number of aryl methyl sites for hydroxylation is 1. The molecule has 0 radical (unpaired) electrons. The van der Waals surface area contributed by atoms with Crippen molar-refractivity contribution in [2.75, 3.05) is 12.3 Å². The van der Waals surface area contributed by atoms with E-state index in [4.69, 9.17) is 5.73 Å². The van der Waals surface area contributed by atoms with Gasteiger partial charge in [-0.2, -0.15) is 10.2 Å². The molecule has 0 fully saturated rings. The number of hydrogen-bond donors (Lipinski definition) is 3. The van der Waals surface area contributed by atoms with Crippen molar-refractivity contribution >= 4 is 15.8 Å². The lowest BCUT2D eigenvalue weighted by atomic mass is 10.4. The second-order valence-corrected chi connectivity index (χ2v) is 5.37. The first-order chi connectivity index (χ1) is 8.49. The van der Waals surface area contributed by atoms with Crippen molar-refractivity contribution in [2.24, 2.45) is 7.05 Å². The SMILES string of the molecule is Cn1cc(S(=O)(=O)NCCc2ncn[nH]2)c(N)n1. The molecule has 0 bridgehead atoms. The van der Waals surface area contributed by atoms with Crippen LogP contribution in [0.15, 0.2) is 17.4 Å². The number of sulfonamides is 1. The van der Waals surface area contributed by atoms with Crippen molar-refractivity contribution in [2.45, 2.75) is 11.3 Å². The van der Waals surface area contributed by atoms with Crippen LogP contribution in [0, 0.1) is 0 Å². The molecular weight excluding hydrogens is 258 g/mol. The molecule has 0 aliphatic rings. The Bertz CT molecular complexity index is 616. The Kier molecular flexibility index (Phi) is 3.30. The van der Waals surface area contributed by atoms with Gasteiger partial charge < -0.3 is 5.73 Å². The van der Waals surface area contributed by atoms with E-state index in [1.54, 1.807) is 7.05 Å². The van der Waals surface area contributed by atoms with Gasteiger partial charge in [-0.05, 0) is 0 Å². The van der Waals surface area contributed by atoms with E-state index in [2.05, 4.69) is 25.0 Å². The molecule has 10 heteroatoms. The molecule has 98 valence electrons. The third-order valence-corrected chi connectivity index (χ3v) is 3.71. The maximum Gasteiger partial charge on any atom is 0.245 e. The number of anilines is 1. The van der Waals surface area contributed by atoms with Gasteiger partial charge in [0.15, 0.2) is 5.82 Å². The first-order valence-electron chi connectivity index (χ1n) is 5.12. The normalized spacial score (nSPS) is 11.8. The highest BCUT2D eigenvalue weighted by Crippen LogP contribution is 2.14. The lowest BCUT2D eigenvalue weighted by Gasteiger charge is -2.03. The fourth-order valence-corrected chi connectivity index (χ4v) is 2.56. The number of aromatic amines is 1. The Morgan fingerprint density at radius 3 is 2.89 bits per heavy atom. The van der Waals surface area contributed by atoms with E-state index in [-0.39, 0.29) is 17.3 Å².